The van der Waals surface area contributed by atoms with Crippen molar-refractivity contribution < 1.29 is 13.9 Å². The molecule has 0 unspecified atom stereocenters. The van der Waals surface area contributed by atoms with E-state index in [4.69, 9.17) is 4.74 Å². The number of halogens is 1. The minimum atomic E-state index is -0.442. The first-order valence-electron chi connectivity index (χ1n) is 9.52. The number of para-hydroxylation sites is 1. The van der Waals surface area contributed by atoms with Gasteiger partial charge in [0.05, 0.1) is 0 Å². The predicted molar refractivity (Wildman–Crippen MR) is 106 cm³/mol. The Morgan fingerprint density at radius 3 is 2.68 bits per heavy atom. The third kappa shape index (κ3) is 4.97. The lowest BCUT2D eigenvalue weighted by atomic mass is 9.91. The van der Waals surface area contributed by atoms with Crippen molar-refractivity contribution in [3.63, 3.8) is 0 Å². The van der Waals surface area contributed by atoms with Gasteiger partial charge in [-0.3, -0.25) is 4.79 Å². The van der Waals surface area contributed by atoms with Gasteiger partial charge < -0.3 is 14.5 Å². The van der Waals surface area contributed by atoms with Gasteiger partial charge in [-0.15, -0.1) is 0 Å². The summed E-state index contributed by atoms with van der Waals surface area (Å²) in [7, 11) is 0. The number of hydrogen-bond donors (Lipinski definition) is 0. The number of carbonyl (C=O) groups excluding carboxylic acids is 1. The number of ether oxygens (including phenoxy) is 1. The number of piperazine rings is 1. The summed E-state index contributed by atoms with van der Waals surface area (Å²) in [4.78, 5) is 25.0. The van der Waals surface area contributed by atoms with Gasteiger partial charge in [0, 0.05) is 38.2 Å². The van der Waals surface area contributed by atoms with E-state index in [2.05, 4.69) is 35.6 Å². The Bertz CT molecular complexity index is 837. The van der Waals surface area contributed by atoms with Gasteiger partial charge in [0.2, 0.25) is 11.8 Å². The van der Waals surface area contributed by atoms with E-state index in [1.54, 1.807) is 24.3 Å². The van der Waals surface area contributed by atoms with Crippen molar-refractivity contribution in [2.24, 2.45) is 5.41 Å². The van der Waals surface area contributed by atoms with Crippen LogP contribution in [0, 0.1) is 11.2 Å². The summed E-state index contributed by atoms with van der Waals surface area (Å²) in [5, 5.41) is 0. The van der Waals surface area contributed by atoms with Crippen LogP contribution in [0.15, 0.2) is 36.7 Å². The number of anilines is 1. The fraction of sp³-hybridized carbons (Fsp3) is 0.476. The molecule has 6 nitrogen and oxygen atoms in total. The number of amides is 1. The van der Waals surface area contributed by atoms with Crippen LogP contribution in [0.4, 0.5) is 10.2 Å². The van der Waals surface area contributed by atoms with E-state index in [9.17, 15) is 9.18 Å². The minimum absolute atomic E-state index is 0.0282. The predicted octanol–water partition coefficient (Wildman–Crippen LogP) is 3.88. The molecule has 0 radical (unpaired) electrons. The molecule has 1 amide bonds. The zero-order chi connectivity index (χ0) is 20.3. The topological polar surface area (TPSA) is 58.6 Å². The zero-order valence-corrected chi connectivity index (χ0v) is 16.9. The van der Waals surface area contributed by atoms with Gasteiger partial charge in [-0.25, -0.2) is 14.4 Å². The molecule has 3 rings (SSSR count). The zero-order valence-electron chi connectivity index (χ0n) is 16.9. The van der Waals surface area contributed by atoms with Crippen molar-refractivity contribution in [2.45, 2.75) is 40.2 Å². The summed E-state index contributed by atoms with van der Waals surface area (Å²) in [6, 6.07) is 7.98. The van der Waals surface area contributed by atoms with E-state index in [0.29, 0.717) is 31.9 Å². The van der Waals surface area contributed by atoms with Crippen LogP contribution in [0.1, 0.15) is 34.1 Å². The molecule has 1 atom stereocenters. The van der Waals surface area contributed by atoms with Crippen molar-refractivity contribution >= 4 is 11.7 Å². The number of hydrogen-bond acceptors (Lipinski definition) is 5. The Kier molecular flexibility index (Phi) is 5.82. The first kappa shape index (κ1) is 20.0. The summed E-state index contributed by atoms with van der Waals surface area (Å²) in [5.41, 5.74) is -0.0282. The van der Waals surface area contributed by atoms with Crippen molar-refractivity contribution in [2.75, 3.05) is 24.5 Å². The molecule has 0 aliphatic carbocycles. The Morgan fingerprint density at radius 2 is 2.00 bits per heavy atom. The minimum Gasteiger partial charge on any atom is -0.436 e. The second-order valence-corrected chi connectivity index (χ2v) is 8.37. The van der Waals surface area contributed by atoms with Gasteiger partial charge in [0.25, 0.3) is 0 Å². The highest BCUT2D eigenvalue weighted by atomic mass is 19.1. The van der Waals surface area contributed by atoms with Crippen molar-refractivity contribution in [3.8, 4) is 11.6 Å². The van der Waals surface area contributed by atoms with E-state index in [-0.39, 0.29) is 29.0 Å². The average Bonchev–Trinajstić information content (AvgIpc) is 2.62. The van der Waals surface area contributed by atoms with Crippen LogP contribution in [0.2, 0.25) is 0 Å². The summed E-state index contributed by atoms with van der Waals surface area (Å²) < 4.78 is 19.4. The van der Waals surface area contributed by atoms with Crippen molar-refractivity contribution in [1.29, 1.82) is 0 Å². The Balaban J connectivity index is 1.67. The lowest BCUT2D eigenvalue weighted by Crippen LogP contribution is -2.54. The van der Waals surface area contributed by atoms with Gasteiger partial charge in [0.1, 0.15) is 12.1 Å². The first-order chi connectivity index (χ1) is 13.2. The van der Waals surface area contributed by atoms with Crippen molar-refractivity contribution in [1.82, 2.24) is 14.9 Å². The van der Waals surface area contributed by atoms with E-state index in [1.807, 2.05) is 11.8 Å². The van der Waals surface area contributed by atoms with Crippen LogP contribution < -0.4 is 9.64 Å². The molecule has 0 spiro atoms. The maximum absolute atomic E-state index is 13.8. The maximum atomic E-state index is 13.8. The molecular formula is C21H27FN4O2. The highest BCUT2D eigenvalue weighted by Gasteiger charge is 2.30. The fourth-order valence-corrected chi connectivity index (χ4v) is 3.29. The Hall–Kier alpha value is -2.70. The molecule has 28 heavy (non-hydrogen) atoms. The number of aromatic nitrogens is 2. The molecule has 2 aromatic rings. The normalized spacial score (nSPS) is 17.5. The number of nitrogens with zero attached hydrogens (tertiary/aromatic N) is 4. The molecule has 150 valence electrons. The monoisotopic (exact) mass is 386 g/mol. The van der Waals surface area contributed by atoms with E-state index < -0.39 is 5.82 Å². The highest BCUT2D eigenvalue weighted by molar-refractivity contribution is 5.77. The molecule has 2 heterocycles. The SMILES string of the molecule is C[C@@H]1CN(c2cc(Oc3ccccc3F)ncn2)CCN1C(=O)CC(C)(C)C. The summed E-state index contributed by atoms with van der Waals surface area (Å²) in [6.07, 6.45) is 1.94. The smallest absolute Gasteiger partial charge is 0.224 e. The largest absolute Gasteiger partial charge is 0.436 e. The Labute approximate surface area is 165 Å². The van der Waals surface area contributed by atoms with Crippen LogP contribution in [0.5, 0.6) is 11.6 Å². The molecule has 0 bridgehead atoms. The molecular weight excluding hydrogens is 359 g/mol. The van der Waals surface area contributed by atoms with Crippen LogP contribution in [-0.2, 0) is 4.79 Å². The second kappa shape index (κ2) is 8.12. The molecule has 1 fully saturated rings. The Morgan fingerprint density at radius 1 is 1.25 bits per heavy atom. The van der Waals surface area contributed by atoms with Crippen molar-refractivity contribution in [3.05, 3.63) is 42.5 Å². The number of carbonyl (C=O) groups is 1. The average molecular weight is 386 g/mol. The standard InChI is InChI=1S/C21H27FN4O2/c1-15-13-25(9-10-26(15)20(27)12-21(2,3)4)18-11-19(24-14-23-18)28-17-8-6-5-7-16(17)22/h5-8,11,14-15H,9-10,12-13H2,1-4H3/t15-/m1/s1. The lowest BCUT2D eigenvalue weighted by molar-refractivity contribution is -0.135. The highest BCUT2D eigenvalue weighted by Crippen LogP contribution is 2.26. The molecule has 7 heteroatoms. The quantitative estimate of drug-likeness (QED) is 0.798. The molecule has 0 saturated carbocycles. The third-order valence-corrected chi connectivity index (χ3v) is 4.63. The van der Waals surface area contributed by atoms with Crippen LogP contribution >= 0.6 is 0 Å². The van der Waals surface area contributed by atoms with Gasteiger partial charge in [-0.2, -0.15) is 0 Å². The van der Waals surface area contributed by atoms with E-state index >= 15 is 0 Å². The first-order valence-corrected chi connectivity index (χ1v) is 9.52. The fourth-order valence-electron chi connectivity index (χ4n) is 3.29. The summed E-state index contributed by atoms with van der Waals surface area (Å²) >= 11 is 0. The number of rotatable bonds is 4. The maximum Gasteiger partial charge on any atom is 0.224 e. The lowest BCUT2D eigenvalue weighted by Gasteiger charge is -2.41. The van der Waals surface area contributed by atoms with Gasteiger partial charge in [0.15, 0.2) is 11.6 Å². The van der Waals surface area contributed by atoms with E-state index in [0.717, 1.165) is 0 Å². The summed E-state index contributed by atoms with van der Waals surface area (Å²) in [5.74, 6) is 0.858. The van der Waals surface area contributed by atoms with E-state index in [1.165, 1.54) is 12.4 Å². The molecule has 1 aliphatic heterocycles. The molecule has 0 N–H and O–H groups in total. The number of benzene rings is 1. The van der Waals surface area contributed by atoms with Gasteiger partial charge >= 0.3 is 0 Å². The van der Waals surface area contributed by atoms with Crippen LogP contribution in [-0.4, -0.2) is 46.5 Å². The molecule has 1 aromatic carbocycles. The van der Waals surface area contributed by atoms with Crippen LogP contribution in [0.25, 0.3) is 0 Å². The molecule has 1 aliphatic rings. The molecule has 1 aromatic heterocycles. The van der Waals surface area contributed by atoms with Crippen LogP contribution in [0.3, 0.4) is 0 Å². The second-order valence-electron chi connectivity index (χ2n) is 8.37. The van der Waals surface area contributed by atoms with Gasteiger partial charge in [-0.05, 0) is 24.5 Å². The molecule has 1 saturated heterocycles. The third-order valence-electron chi connectivity index (χ3n) is 4.63. The van der Waals surface area contributed by atoms with Gasteiger partial charge in [-0.1, -0.05) is 32.9 Å². The summed E-state index contributed by atoms with van der Waals surface area (Å²) in [6.45, 7) is 10.3.